The zero-order valence-electron chi connectivity index (χ0n) is 16.6. The van der Waals surface area contributed by atoms with Crippen molar-refractivity contribution >= 4 is 28.8 Å². The SMILES string of the molecule is COC(=S)NC(c1cc(F)c(N2CCN(CC(C)=NO)CC2)c(F)c1)c1c[nH]nn1. The van der Waals surface area contributed by atoms with Gasteiger partial charge in [-0.2, -0.15) is 0 Å². The lowest BCUT2D eigenvalue weighted by Gasteiger charge is -2.36. The number of hydrogen-bond donors (Lipinski definition) is 3. The Morgan fingerprint density at radius 3 is 2.53 bits per heavy atom. The van der Waals surface area contributed by atoms with Gasteiger partial charge < -0.3 is 20.2 Å². The number of H-pyrrole nitrogens is 1. The molecule has 0 aliphatic carbocycles. The average Bonchev–Trinajstić information content (AvgIpc) is 3.26. The Bertz CT molecular complexity index is 879. The molecule has 0 spiro atoms. The van der Waals surface area contributed by atoms with Gasteiger partial charge in [-0.1, -0.05) is 10.4 Å². The van der Waals surface area contributed by atoms with E-state index >= 15 is 0 Å². The summed E-state index contributed by atoms with van der Waals surface area (Å²) in [7, 11) is 1.40. The monoisotopic (exact) mass is 439 g/mol. The Hall–Kier alpha value is -2.86. The minimum absolute atomic E-state index is 0.0609. The summed E-state index contributed by atoms with van der Waals surface area (Å²) in [5.41, 5.74) is 1.23. The highest BCUT2D eigenvalue weighted by Crippen LogP contribution is 2.30. The standard InChI is InChI=1S/C18H23F2N7O2S/c1-11(24-28)10-26-3-5-27(6-4-26)17-13(19)7-12(8-14(17)20)16(22-18(30)29-2)15-9-21-25-23-15/h7-9,16,28H,3-6,10H2,1-2H3,(H,22,30)(H,21,23,25). The van der Waals surface area contributed by atoms with Crippen LogP contribution < -0.4 is 10.2 Å². The summed E-state index contributed by atoms with van der Waals surface area (Å²) < 4.78 is 35.0. The number of nitrogens with one attached hydrogen (secondary N) is 2. The number of thiocarbonyl (C=S) groups is 1. The van der Waals surface area contributed by atoms with Gasteiger partial charge in [-0.3, -0.25) is 10.00 Å². The molecule has 2 heterocycles. The summed E-state index contributed by atoms with van der Waals surface area (Å²) in [4.78, 5) is 3.74. The number of halogens is 2. The van der Waals surface area contributed by atoms with E-state index in [0.717, 1.165) is 0 Å². The molecule has 1 aromatic carbocycles. The fraction of sp³-hybridized carbons (Fsp3) is 0.444. The van der Waals surface area contributed by atoms with E-state index in [2.05, 4.69) is 30.8 Å². The first-order valence-corrected chi connectivity index (χ1v) is 9.68. The Labute approximate surface area is 177 Å². The van der Waals surface area contributed by atoms with Crippen LogP contribution in [-0.4, -0.2) is 76.2 Å². The molecule has 1 aliphatic rings. The number of hydrogen-bond acceptors (Lipinski definition) is 8. The van der Waals surface area contributed by atoms with E-state index in [1.54, 1.807) is 11.8 Å². The maximum atomic E-state index is 15.0. The summed E-state index contributed by atoms with van der Waals surface area (Å²) in [6.07, 6.45) is 1.51. The van der Waals surface area contributed by atoms with Crippen molar-refractivity contribution in [3.05, 3.63) is 41.2 Å². The first kappa shape index (κ1) is 21.8. The van der Waals surface area contributed by atoms with Gasteiger partial charge in [-0.25, -0.2) is 8.78 Å². The van der Waals surface area contributed by atoms with Crippen LogP contribution in [0.3, 0.4) is 0 Å². The van der Waals surface area contributed by atoms with Crippen LogP contribution in [0.5, 0.6) is 0 Å². The third-order valence-corrected chi connectivity index (χ3v) is 5.15. The number of rotatable bonds is 6. The van der Waals surface area contributed by atoms with Crippen molar-refractivity contribution < 1.29 is 18.7 Å². The van der Waals surface area contributed by atoms with E-state index < -0.39 is 17.7 Å². The Morgan fingerprint density at radius 2 is 2.00 bits per heavy atom. The van der Waals surface area contributed by atoms with Crippen molar-refractivity contribution in [3.8, 4) is 0 Å². The van der Waals surface area contributed by atoms with Gasteiger partial charge >= 0.3 is 0 Å². The molecular formula is C18H23F2N7O2S. The zero-order chi connectivity index (χ0) is 21.7. The molecule has 1 unspecified atom stereocenters. The number of nitrogens with zero attached hydrogens (tertiary/aromatic N) is 5. The van der Waals surface area contributed by atoms with Gasteiger partial charge in [0.25, 0.3) is 5.17 Å². The minimum Gasteiger partial charge on any atom is -0.474 e. The maximum absolute atomic E-state index is 15.0. The molecule has 12 heteroatoms. The molecule has 30 heavy (non-hydrogen) atoms. The van der Waals surface area contributed by atoms with Crippen LogP contribution in [-0.2, 0) is 4.74 Å². The third-order valence-electron chi connectivity index (χ3n) is 4.86. The molecule has 2 aromatic rings. The molecule has 1 atom stereocenters. The van der Waals surface area contributed by atoms with Crippen molar-refractivity contribution in [2.75, 3.05) is 44.7 Å². The largest absolute Gasteiger partial charge is 0.474 e. The number of anilines is 1. The van der Waals surface area contributed by atoms with E-state index in [-0.39, 0.29) is 10.9 Å². The topological polar surface area (TPSA) is 102 Å². The third kappa shape index (κ3) is 5.00. The van der Waals surface area contributed by atoms with Crippen molar-refractivity contribution in [2.45, 2.75) is 13.0 Å². The molecule has 3 rings (SSSR count). The van der Waals surface area contributed by atoms with Crippen LogP contribution in [0.25, 0.3) is 0 Å². The molecule has 162 valence electrons. The zero-order valence-corrected chi connectivity index (χ0v) is 17.4. The van der Waals surface area contributed by atoms with Gasteiger partial charge in [0.05, 0.1) is 12.8 Å². The summed E-state index contributed by atoms with van der Waals surface area (Å²) in [5.74, 6) is -1.35. The summed E-state index contributed by atoms with van der Waals surface area (Å²) in [5, 5.41) is 25.0. The molecule has 0 amide bonds. The summed E-state index contributed by atoms with van der Waals surface area (Å²) in [6.45, 7) is 4.32. The molecule has 0 radical (unpaired) electrons. The fourth-order valence-electron chi connectivity index (χ4n) is 3.40. The van der Waals surface area contributed by atoms with Crippen LogP contribution in [0.2, 0.25) is 0 Å². The smallest absolute Gasteiger partial charge is 0.257 e. The van der Waals surface area contributed by atoms with Gasteiger partial charge in [0, 0.05) is 38.9 Å². The lowest BCUT2D eigenvalue weighted by Crippen LogP contribution is -2.48. The lowest BCUT2D eigenvalue weighted by molar-refractivity contribution is 0.278. The Balaban J connectivity index is 1.80. The first-order chi connectivity index (χ1) is 14.4. The van der Waals surface area contributed by atoms with Crippen LogP contribution in [0.15, 0.2) is 23.5 Å². The van der Waals surface area contributed by atoms with E-state index in [0.29, 0.717) is 49.7 Å². The molecular weight excluding hydrogens is 416 g/mol. The first-order valence-electron chi connectivity index (χ1n) is 9.27. The number of ether oxygens (including phenoxy) is 1. The van der Waals surface area contributed by atoms with Crippen LogP contribution in [0, 0.1) is 11.6 Å². The normalized spacial score (nSPS) is 16.4. The molecule has 3 N–H and O–H groups in total. The molecule has 1 aliphatic heterocycles. The van der Waals surface area contributed by atoms with Crippen LogP contribution in [0.1, 0.15) is 24.2 Å². The van der Waals surface area contributed by atoms with Gasteiger partial charge in [0.2, 0.25) is 0 Å². The van der Waals surface area contributed by atoms with Gasteiger partial charge in [-0.05, 0) is 36.8 Å². The highest BCUT2D eigenvalue weighted by Gasteiger charge is 2.26. The van der Waals surface area contributed by atoms with E-state index in [9.17, 15) is 8.78 Å². The minimum atomic E-state index is -0.730. The second-order valence-corrected chi connectivity index (χ2v) is 7.27. The maximum Gasteiger partial charge on any atom is 0.257 e. The van der Waals surface area contributed by atoms with Crippen LogP contribution >= 0.6 is 12.2 Å². The van der Waals surface area contributed by atoms with Gasteiger partial charge in [0.1, 0.15) is 29.1 Å². The predicted molar refractivity (Wildman–Crippen MR) is 111 cm³/mol. The number of piperazine rings is 1. The molecule has 0 bridgehead atoms. The van der Waals surface area contributed by atoms with E-state index in [1.165, 1.54) is 25.4 Å². The second-order valence-electron chi connectivity index (χ2n) is 6.90. The molecule has 9 nitrogen and oxygen atoms in total. The number of methoxy groups -OCH3 is 1. The number of aromatic nitrogens is 3. The molecule has 1 aromatic heterocycles. The predicted octanol–water partition coefficient (Wildman–Crippen LogP) is 1.67. The van der Waals surface area contributed by atoms with Crippen LogP contribution in [0.4, 0.5) is 14.5 Å². The van der Waals surface area contributed by atoms with Gasteiger partial charge in [-0.15, -0.1) is 5.10 Å². The fourth-order valence-corrected chi connectivity index (χ4v) is 3.51. The van der Waals surface area contributed by atoms with Crippen molar-refractivity contribution in [1.82, 2.24) is 25.6 Å². The van der Waals surface area contributed by atoms with E-state index in [1.807, 2.05) is 0 Å². The lowest BCUT2D eigenvalue weighted by atomic mass is 10.0. The van der Waals surface area contributed by atoms with Crippen molar-refractivity contribution in [1.29, 1.82) is 0 Å². The molecule has 1 fully saturated rings. The number of oxime groups is 1. The number of benzene rings is 1. The number of aromatic amines is 1. The Kier molecular flexibility index (Phi) is 7.11. The van der Waals surface area contributed by atoms with E-state index in [4.69, 9.17) is 22.2 Å². The van der Waals surface area contributed by atoms with Gasteiger partial charge in [0.15, 0.2) is 0 Å². The summed E-state index contributed by atoms with van der Waals surface area (Å²) in [6, 6.07) is 1.79. The second kappa shape index (κ2) is 9.76. The average molecular weight is 439 g/mol. The van der Waals surface area contributed by atoms with Crippen molar-refractivity contribution in [2.24, 2.45) is 5.16 Å². The quantitative estimate of drug-likeness (QED) is 0.270. The summed E-state index contributed by atoms with van der Waals surface area (Å²) >= 11 is 5.03. The van der Waals surface area contributed by atoms with Crippen molar-refractivity contribution in [3.63, 3.8) is 0 Å². The molecule has 0 saturated carbocycles. The Morgan fingerprint density at radius 1 is 1.33 bits per heavy atom. The highest BCUT2D eigenvalue weighted by molar-refractivity contribution is 7.80. The highest BCUT2D eigenvalue weighted by atomic mass is 32.1. The molecule has 1 saturated heterocycles.